The Hall–Kier alpha value is -8.01. The standard InChI is InChI=1S/C64H51N3/c1-42-19-13-14-26-52(42)55-36-37-56-57-41-51(66-60-29-17-15-27-53(60)54-28-16-18-30-61(54)66)35-38-62(57)67(50-24-11-6-12-25-50)64(56)63(55)44(3)43(2)58-39-49(40-59(65-58)48-22-9-5-10-23-48)47-33-31-46(32-34-47)45-20-7-4-8-21-45/h4-35,37-41,43-44,55H,36H2,1-3H3. The lowest BCUT2D eigenvalue weighted by molar-refractivity contribution is 0.559. The van der Waals surface area contributed by atoms with Crippen molar-refractivity contribution in [1.29, 1.82) is 0 Å². The van der Waals surface area contributed by atoms with Gasteiger partial charge in [-0.15, -0.1) is 0 Å². The maximum Gasteiger partial charge on any atom is 0.0711 e. The van der Waals surface area contributed by atoms with Crippen molar-refractivity contribution in [1.82, 2.24) is 14.1 Å². The monoisotopic (exact) mass is 861 g/mol. The Morgan fingerprint density at radius 3 is 1.67 bits per heavy atom. The fourth-order valence-electron chi connectivity index (χ4n) is 11.0. The summed E-state index contributed by atoms with van der Waals surface area (Å²) in [5.74, 6) is 0.373. The molecule has 67 heavy (non-hydrogen) atoms. The molecule has 11 aromatic rings. The van der Waals surface area contributed by atoms with Gasteiger partial charge in [0.25, 0.3) is 0 Å². The van der Waals surface area contributed by atoms with Crippen molar-refractivity contribution in [2.75, 3.05) is 0 Å². The van der Waals surface area contributed by atoms with Crippen molar-refractivity contribution in [3.05, 3.63) is 246 Å². The second kappa shape index (κ2) is 16.8. The Morgan fingerprint density at radius 2 is 1.00 bits per heavy atom. The number of benzene rings is 8. The van der Waals surface area contributed by atoms with Crippen molar-refractivity contribution >= 4 is 44.4 Å². The van der Waals surface area contributed by atoms with Gasteiger partial charge >= 0.3 is 0 Å². The maximum atomic E-state index is 5.56. The van der Waals surface area contributed by atoms with Crippen LogP contribution in [0.5, 0.6) is 0 Å². The predicted molar refractivity (Wildman–Crippen MR) is 281 cm³/mol. The minimum atomic E-state index is 0.0777. The van der Waals surface area contributed by atoms with Gasteiger partial charge < -0.3 is 9.13 Å². The van der Waals surface area contributed by atoms with E-state index in [9.17, 15) is 0 Å². The lowest BCUT2D eigenvalue weighted by Crippen LogP contribution is -2.38. The van der Waals surface area contributed by atoms with Crippen LogP contribution in [-0.4, -0.2) is 14.1 Å². The van der Waals surface area contributed by atoms with Crippen LogP contribution >= 0.6 is 0 Å². The van der Waals surface area contributed by atoms with Gasteiger partial charge in [0, 0.05) is 55.8 Å². The summed E-state index contributed by atoms with van der Waals surface area (Å²) in [6, 6.07) is 79.7. The molecule has 0 aliphatic heterocycles. The van der Waals surface area contributed by atoms with Crippen molar-refractivity contribution < 1.29 is 0 Å². The summed E-state index contributed by atoms with van der Waals surface area (Å²) in [5.41, 5.74) is 18.2. The van der Waals surface area contributed by atoms with Crippen molar-refractivity contribution in [3.63, 3.8) is 0 Å². The van der Waals surface area contributed by atoms with Gasteiger partial charge in [0.1, 0.15) is 0 Å². The number of pyridine rings is 1. The van der Waals surface area contributed by atoms with Crippen LogP contribution in [-0.2, 0) is 0 Å². The highest BCUT2D eigenvalue weighted by molar-refractivity contribution is 6.09. The fraction of sp³-hybridized carbons (Fsp3) is 0.109. The molecule has 3 unspecified atom stereocenters. The largest absolute Gasteiger partial charge is 0.309 e. The quantitative estimate of drug-likeness (QED) is 0.142. The summed E-state index contributed by atoms with van der Waals surface area (Å²) in [6.45, 7) is 7.14. The molecule has 0 bridgehead atoms. The molecule has 0 saturated carbocycles. The number of rotatable bonds is 9. The van der Waals surface area contributed by atoms with Gasteiger partial charge in [0.05, 0.1) is 27.6 Å². The van der Waals surface area contributed by atoms with Gasteiger partial charge in [-0.1, -0.05) is 184 Å². The number of nitrogens with zero attached hydrogens (tertiary/aromatic N) is 3. The van der Waals surface area contributed by atoms with Gasteiger partial charge in [-0.2, -0.15) is 0 Å². The third-order valence-corrected chi connectivity index (χ3v) is 14.6. The van der Waals surface area contributed by atoms with Crippen molar-refractivity contribution in [3.8, 4) is 44.9 Å². The van der Waals surface area contributed by atoms with Crippen LogP contribution in [0.1, 0.15) is 48.9 Å². The molecule has 0 spiro atoms. The minimum absolute atomic E-state index is 0.0777. The highest BCUT2D eigenvalue weighted by atomic mass is 15.0. The molecule has 8 aromatic carbocycles. The Bertz CT molecular complexity index is 3690. The first-order valence-electron chi connectivity index (χ1n) is 23.7. The molecule has 3 heterocycles. The zero-order chi connectivity index (χ0) is 45.0. The summed E-state index contributed by atoms with van der Waals surface area (Å²) in [5, 5.41) is 6.42. The molecule has 3 heteroatoms. The summed E-state index contributed by atoms with van der Waals surface area (Å²) in [7, 11) is 0. The zero-order valence-electron chi connectivity index (χ0n) is 38.1. The van der Waals surface area contributed by atoms with Crippen LogP contribution in [0.2, 0.25) is 0 Å². The van der Waals surface area contributed by atoms with E-state index in [1.165, 1.54) is 93.6 Å². The van der Waals surface area contributed by atoms with E-state index in [1.54, 1.807) is 0 Å². The average Bonchev–Trinajstić information content (AvgIpc) is 3.91. The predicted octanol–water partition coefficient (Wildman–Crippen LogP) is 15.0. The Morgan fingerprint density at radius 1 is 0.448 bits per heavy atom. The number of para-hydroxylation sites is 3. The third-order valence-electron chi connectivity index (χ3n) is 14.6. The number of hydrogen-bond acceptors (Lipinski definition) is 1. The lowest BCUT2D eigenvalue weighted by atomic mass is 9.73. The van der Waals surface area contributed by atoms with E-state index in [-0.39, 0.29) is 17.8 Å². The van der Waals surface area contributed by atoms with Crippen LogP contribution < -0.4 is 10.6 Å². The van der Waals surface area contributed by atoms with E-state index < -0.39 is 0 Å². The van der Waals surface area contributed by atoms with Gasteiger partial charge in [0.2, 0.25) is 0 Å². The van der Waals surface area contributed by atoms with Crippen LogP contribution in [0, 0.1) is 12.8 Å². The summed E-state index contributed by atoms with van der Waals surface area (Å²) >= 11 is 0. The molecular weight excluding hydrogens is 811 g/mol. The molecule has 12 rings (SSSR count). The lowest BCUT2D eigenvalue weighted by Gasteiger charge is -2.32. The van der Waals surface area contributed by atoms with E-state index in [0.29, 0.717) is 0 Å². The Kier molecular flexibility index (Phi) is 10.1. The van der Waals surface area contributed by atoms with Gasteiger partial charge in [-0.3, -0.25) is 4.98 Å². The molecule has 1 aliphatic rings. The van der Waals surface area contributed by atoms with Crippen LogP contribution in [0.25, 0.3) is 89.2 Å². The summed E-state index contributed by atoms with van der Waals surface area (Å²) < 4.78 is 5.01. The molecule has 0 fully saturated rings. The van der Waals surface area contributed by atoms with Crippen LogP contribution in [0.3, 0.4) is 0 Å². The van der Waals surface area contributed by atoms with Crippen LogP contribution in [0.15, 0.2) is 218 Å². The Labute approximate surface area is 392 Å². The number of fused-ring (bicyclic) bond motifs is 6. The normalized spacial score (nSPS) is 14.6. The molecule has 3 nitrogen and oxygen atoms in total. The number of aromatic nitrogens is 3. The van der Waals surface area contributed by atoms with E-state index >= 15 is 0 Å². The van der Waals surface area contributed by atoms with E-state index in [1.807, 2.05) is 0 Å². The molecule has 322 valence electrons. The first kappa shape index (κ1) is 40.5. The first-order chi connectivity index (χ1) is 33.0. The maximum absolute atomic E-state index is 5.56. The van der Waals surface area contributed by atoms with Crippen LogP contribution in [0.4, 0.5) is 0 Å². The molecule has 3 atom stereocenters. The van der Waals surface area contributed by atoms with E-state index in [2.05, 4.69) is 254 Å². The van der Waals surface area contributed by atoms with Crippen molar-refractivity contribution in [2.45, 2.75) is 39.0 Å². The average molecular weight is 862 g/mol. The zero-order valence-corrected chi connectivity index (χ0v) is 38.1. The second-order valence-corrected chi connectivity index (χ2v) is 18.4. The Balaban J connectivity index is 1.09. The molecule has 3 aromatic heterocycles. The fourth-order valence-corrected chi connectivity index (χ4v) is 11.0. The summed E-state index contributed by atoms with van der Waals surface area (Å²) in [6.07, 6.45) is 3.45. The smallest absolute Gasteiger partial charge is 0.0711 e. The molecule has 0 amide bonds. The third kappa shape index (κ3) is 7.01. The molecule has 0 saturated heterocycles. The number of hydrogen-bond donors (Lipinski definition) is 0. The SMILES string of the molecule is Cc1ccccc1C1CC=c2c(n(-c3ccccc3)c3ccc(-n4c5ccccc5c5ccccc54)cc23)=C1C(C)C(C)c1cc(-c2ccc(-c3ccccc3)cc2)cc(-c2ccccc2)n1. The second-order valence-electron chi connectivity index (χ2n) is 18.4. The molecule has 0 radical (unpaired) electrons. The molecule has 0 N–H and O–H groups in total. The first-order valence-corrected chi connectivity index (χ1v) is 23.7. The molecular formula is C64H51N3. The van der Waals surface area contributed by atoms with E-state index in [0.717, 1.165) is 23.4 Å². The van der Waals surface area contributed by atoms with Gasteiger partial charge in [-0.05, 0) is 113 Å². The highest BCUT2D eigenvalue weighted by Gasteiger charge is 2.32. The highest BCUT2D eigenvalue weighted by Crippen LogP contribution is 2.43. The van der Waals surface area contributed by atoms with Crippen molar-refractivity contribution in [2.24, 2.45) is 5.92 Å². The topological polar surface area (TPSA) is 22.8 Å². The molecule has 1 aliphatic carbocycles. The minimum Gasteiger partial charge on any atom is -0.309 e. The van der Waals surface area contributed by atoms with Gasteiger partial charge in [-0.25, -0.2) is 0 Å². The van der Waals surface area contributed by atoms with E-state index in [4.69, 9.17) is 4.98 Å². The van der Waals surface area contributed by atoms with Gasteiger partial charge in [0.15, 0.2) is 0 Å². The number of aryl methyl sites for hydroxylation is 1. The summed E-state index contributed by atoms with van der Waals surface area (Å²) in [4.78, 5) is 5.56.